The van der Waals surface area contributed by atoms with Gasteiger partial charge < -0.3 is 0 Å². The normalized spacial score (nSPS) is 19.0. The SMILES string of the molecule is Cc1ccc(S(=O)(=O)N2CCC(CCl)CC2)cc1. The summed E-state index contributed by atoms with van der Waals surface area (Å²) in [4.78, 5) is 0.387. The molecule has 18 heavy (non-hydrogen) atoms. The maximum atomic E-state index is 12.4. The van der Waals surface area contributed by atoms with Gasteiger partial charge in [-0.3, -0.25) is 0 Å². The van der Waals surface area contributed by atoms with E-state index in [0.29, 0.717) is 29.8 Å². The number of aryl methyl sites for hydroxylation is 1. The average Bonchev–Trinajstić information content (AvgIpc) is 2.39. The lowest BCUT2D eigenvalue weighted by Gasteiger charge is -2.30. The summed E-state index contributed by atoms with van der Waals surface area (Å²) in [5, 5.41) is 0. The molecule has 0 amide bonds. The van der Waals surface area contributed by atoms with Crippen molar-refractivity contribution < 1.29 is 8.42 Å². The molecule has 0 aromatic heterocycles. The van der Waals surface area contributed by atoms with E-state index in [9.17, 15) is 8.42 Å². The smallest absolute Gasteiger partial charge is 0.207 e. The van der Waals surface area contributed by atoms with Crippen LogP contribution >= 0.6 is 11.6 Å². The van der Waals surface area contributed by atoms with Crippen LogP contribution in [0.5, 0.6) is 0 Å². The number of halogens is 1. The molecule has 0 spiro atoms. The third-order valence-electron chi connectivity index (χ3n) is 3.45. The fourth-order valence-corrected chi connectivity index (χ4v) is 3.94. The minimum atomic E-state index is -3.32. The molecular formula is C13H18ClNO2S. The Morgan fingerprint density at radius 2 is 1.78 bits per heavy atom. The number of nitrogens with zero attached hydrogens (tertiary/aromatic N) is 1. The zero-order valence-electron chi connectivity index (χ0n) is 10.5. The molecule has 0 unspecified atom stereocenters. The van der Waals surface area contributed by atoms with E-state index < -0.39 is 10.0 Å². The quantitative estimate of drug-likeness (QED) is 0.802. The van der Waals surface area contributed by atoms with E-state index in [1.165, 1.54) is 0 Å². The number of hydrogen-bond donors (Lipinski definition) is 0. The number of benzene rings is 1. The molecule has 0 atom stereocenters. The Bertz CT molecular complexity index is 490. The largest absolute Gasteiger partial charge is 0.243 e. The molecule has 1 aromatic rings. The van der Waals surface area contributed by atoms with Crippen LogP contribution < -0.4 is 0 Å². The standard InChI is InChI=1S/C13H18ClNO2S/c1-11-2-4-13(5-3-11)18(16,17)15-8-6-12(10-14)7-9-15/h2-5,12H,6-10H2,1H3. The van der Waals surface area contributed by atoms with Crippen molar-refractivity contribution in [3.05, 3.63) is 29.8 Å². The summed E-state index contributed by atoms with van der Waals surface area (Å²) in [6, 6.07) is 7.02. The number of piperidine rings is 1. The highest BCUT2D eigenvalue weighted by molar-refractivity contribution is 7.89. The molecule has 3 nitrogen and oxygen atoms in total. The molecule has 0 N–H and O–H groups in total. The van der Waals surface area contributed by atoms with Crippen molar-refractivity contribution >= 4 is 21.6 Å². The number of rotatable bonds is 3. The van der Waals surface area contributed by atoms with E-state index in [-0.39, 0.29) is 0 Å². The molecule has 100 valence electrons. The summed E-state index contributed by atoms with van der Waals surface area (Å²) in [6.07, 6.45) is 1.71. The minimum Gasteiger partial charge on any atom is -0.207 e. The van der Waals surface area contributed by atoms with Crippen molar-refractivity contribution in [3.63, 3.8) is 0 Å². The van der Waals surface area contributed by atoms with Gasteiger partial charge in [-0.15, -0.1) is 11.6 Å². The van der Waals surface area contributed by atoms with Gasteiger partial charge in [0.05, 0.1) is 4.90 Å². The third-order valence-corrected chi connectivity index (χ3v) is 5.80. The summed E-state index contributed by atoms with van der Waals surface area (Å²) in [5.74, 6) is 1.08. The van der Waals surface area contributed by atoms with Gasteiger partial charge in [-0.2, -0.15) is 4.31 Å². The molecule has 0 radical (unpaired) electrons. The van der Waals surface area contributed by atoms with Crippen LogP contribution in [-0.4, -0.2) is 31.7 Å². The van der Waals surface area contributed by atoms with E-state index in [2.05, 4.69) is 0 Å². The Morgan fingerprint density at radius 3 is 2.28 bits per heavy atom. The topological polar surface area (TPSA) is 37.4 Å². The Labute approximate surface area is 114 Å². The molecule has 0 bridgehead atoms. The van der Waals surface area contributed by atoms with Gasteiger partial charge in [0.25, 0.3) is 0 Å². The van der Waals surface area contributed by atoms with E-state index in [1.807, 2.05) is 19.1 Å². The Morgan fingerprint density at radius 1 is 1.22 bits per heavy atom. The first-order valence-electron chi connectivity index (χ1n) is 6.17. The second kappa shape index (κ2) is 5.59. The van der Waals surface area contributed by atoms with Gasteiger partial charge in [-0.25, -0.2) is 8.42 Å². The van der Waals surface area contributed by atoms with Crippen LogP contribution in [0.15, 0.2) is 29.2 Å². The zero-order valence-corrected chi connectivity index (χ0v) is 12.0. The molecule has 1 heterocycles. The van der Waals surface area contributed by atoms with E-state index in [0.717, 1.165) is 18.4 Å². The first kappa shape index (κ1) is 13.8. The van der Waals surface area contributed by atoms with E-state index in [1.54, 1.807) is 16.4 Å². The Balaban J connectivity index is 2.15. The number of sulfonamides is 1. The predicted octanol–water partition coefficient (Wildman–Crippen LogP) is 2.63. The van der Waals surface area contributed by atoms with Gasteiger partial charge in [0, 0.05) is 19.0 Å². The highest BCUT2D eigenvalue weighted by Gasteiger charge is 2.28. The van der Waals surface area contributed by atoms with Gasteiger partial charge in [-0.05, 0) is 37.8 Å². The van der Waals surface area contributed by atoms with Crippen molar-refractivity contribution in [2.45, 2.75) is 24.7 Å². The number of alkyl halides is 1. The molecule has 1 aliphatic rings. The lowest BCUT2D eigenvalue weighted by atomic mass is 10.0. The van der Waals surface area contributed by atoms with Crippen LogP contribution in [0.1, 0.15) is 18.4 Å². The summed E-state index contributed by atoms with van der Waals surface area (Å²) in [7, 11) is -3.32. The van der Waals surface area contributed by atoms with Gasteiger partial charge in [-0.1, -0.05) is 17.7 Å². The second-order valence-corrected chi connectivity index (χ2v) is 7.06. The molecule has 1 aromatic carbocycles. The monoisotopic (exact) mass is 287 g/mol. The average molecular weight is 288 g/mol. The fraction of sp³-hybridized carbons (Fsp3) is 0.538. The molecule has 0 saturated carbocycles. The maximum Gasteiger partial charge on any atom is 0.243 e. The lowest BCUT2D eigenvalue weighted by Crippen LogP contribution is -2.38. The molecule has 1 saturated heterocycles. The maximum absolute atomic E-state index is 12.4. The van der Waals surface area contributed by atoms with Crippen molar-refractivity contribution in [1.29, 1.82) is 0 Å². The Hall–Kier alpha value is -0.580. The molecule has 2 rings (SSSR count). The molecule has 5 heteroatoms. The van der Waals surface area contributed by atoms with Crippen molar-refractivity contribution in [1.82, 2.24) is 4.31 Å². The van der Waals surface area contributed by atoms with Crippen molar-refractivity contribution in [2.75, 3.05) is 19.0 Å². The van der Waals surface area contributed by atoms with Crippen LogP contribution in [0.2, 0.25) is 0 Å². The summed E-state index contributed by atoms with van der Waals surface area (Å²) in [6.45, 7) is 3.10. The Kier molecular flexibility index (Phi) is 4.30. The minimum absolute atomic E-state index is 0.387. The van der Waals surface area contributed by atoms with Gasteiger partial charge in [0.15, 0.2) is 0 Å². The van der Waals surface area contributed by atoms with Crippen LogP contribution in [0.4, 0.5) is 0 Å². The van der Waals surface area contributed by atoms with Gasteiger partial charge >= 0.3 is 0 Å². The van der Waals surface area contributed by atoms with Crippen molar-refractivity contribution in [3.8, 4) is 0 Å². The number of hydrogen-bond acceptors (Lipinski definition) is 2. The zero-order chi connectivity index (χ0) is 13.2. The van der Waals surface area contributed by atoms with Crippen LogP contribution in [0, 0.1) is 12.8 Å². The van der Waals surface area contributed by atoms with Crippen LogP contribution in [0.3, 0.4) is 0 Å². The summed E-state index contributed by atoms with van der Waals surface area (Å²) in [5.41, 5.74) is 1.06. The summed E-state index contributed by atoms with van der Waals surface area (Å²) < 4.78 is 26.3. The fourth-order valence-electron chi connectivity index (χ4n) is 2.16. The summed E-state index contributed by atoms with van der Waals surface area (Å²) >= 11 is 5.81. The highest BCUT2D eigenvalue weighted by Crippen LogP contribution is 2.24. The van der Waals surface area contributed by atoms with E-state index >= 15 is 0 Å². The van der Waals surface area contributed by atoms with Crippen LogP contribution in [-0.2, 0) is 10.0 Å². The van der Waals surface area contributed by atoms with Crippen LogP contribution in [0.25, 0.3) is 0 Å². The molecule has 1 fully saturated rings. The highest BCUT2D eigenvalue weighted by atomic mass is 35.5. The van der Waals surface area contributed by atoms with Crippen molar-refractivity contribution in [2.24, 2.45) is 5.92 Å². The molecular weight excluding hydrogens is 270 g/mol. The molecule has 1 aliphatic heterocycles. The molecule has 0 aliphatic carbocycles. The first-order chi connectivity index (χ1) is 8.54. The van der Waals surface area contributed by atoms with Gasteiger partial charge in [0.2, 0.25) is 10.0 Å². The lowest BCUT2D eigenvalue weighted by molar-refractivity contribution is 0.290. The predicted molar refractivity (Wildman–Crippen MR) is 73.4 cm³/mol. The first-order valence-corrected chi connectivity index (χ1v) is 8.14. The van der Waals surface area contributed by atoms with E-state index in [4.69, 9.17) is 11.6 Å². The second-order valence-electron chi connectivity index (χ2n) is 4.81. The van der Waals surface area contributed by atoms with Gasteiger partial charge in [0.1, 0.15) is 0 Å². The third kappa shape index (κ3) is 2.87.